The average molecular weight is 520 g/mol. The molecule has 0 spiro atoms. The number of amides is 1. The summed E-state index contributed by atoms with van der Waals surface area (Å²) in [5, 5.41) is 12.2. The first-order valence-corrected chi connectivity index (χ1v) is 13.3. The summed E-state index contributed by atoms with van der Waals surface area (Å²) in [4.78, 5) is 23.7. The smallest absolute Gasteiger partial charge is 0.457 e. The molecule has 0 saturated carbocycles. The Hall–Kier alpha value is -1.45. The molecule has 0 aliphatic carbocycles. The molecule has 12 nitrogen and oxygen atoms in total. The Morgan fingerprint density at radius 3 is 2.26 bits per heavy atom. The van der Waals surface area contributed by atoms with Crippen molar-refractivity contribution >= 4 is 29.4 Å². The molecule has 2 aliphatic heterocycles. The van der Waals surface area contributed by atoms with Crippen molar-refractivity contribution < 1.29 is 37.2 Å². The van der Waals surface area contributed by atoms with E-state index in [2.05, 4.69) is 10.0 Å². The van der Waals surface area contributed by atoms with Crippen LogP contribution in [0.4, 0.5) is 4.79 Å². The van der Waals surface area contributed by atoms with Crippen molar-refractivity contribution in [2.75, 3.05) is 26.2 Å². The van der Waals surface area contributed by atoms with Gasteiger partial charge in [0.25, 0.3) is 10.2 Å². The molecule has 35 heavy (non-hydrogen) atoms. The molecule has 2 fully saturated rings. The molecule has 5 N–H and O–H groups in total. The molecule has 2 heterocycles. The Kier molecular flexibility index (Phi) is 8.94. The first-order valence-electron chi connectivity index (χ1n) is 11.9. The van der Waals surface area contributed by atoms with Crippen LogP contribution < -0.4 is 15.8 Å². The van der Waals surface area contributed by atoms with Crippen LogP contribution in [-0.2, 0) is 29.0 Å². The molecule has 0 aromatic carbocycles. The topological polar surface area (TPSA) is 170 Å². The van der Waals surface area contributed by atoms with E-state index in [0.717, 1.165) is 4.31 Å². The molecule has 0 bridgehead atoms. The van der Waals surface area contributed by atoms with Gasteiger partial charge in [-0.15, -0.1) is 0 Å². The van der Waals surface area contributed by atoms with Crippen LogP contribution in [0.1, 0.15) is 61.3 Å². The lowest BCUT2D eigenvalue weighted by Gasteiger charge is -2.32. The lowest BCUT2D eigenvalue weighted by molar-refractivity contribution is -0.144. The average Bonchev–Trinajstić information content (AvgIpc) is 3.12. The summed E-state index contributed by atoms with van der Waals surface area (Å²) in [5.74, 6) is -1.83. The Morgan fingerprint density at radius 2 is 1.74 bits per heavy atom. The van der Waals surface area contributed by atoms with Crippen LogP contribution in [-0.4, -0.2) is 85.5 Å². The Labute approximate surface area is 208 Å². The quantitative estimate of drug-likeness (QED) is 0.242. The van der Waals surface area contributed by atoms with E-state index < -0.39 is 57.7 Å². The number of carboxylic acid groups (broad SMARTS) is 1. The van der Waals surface area contributed by atoms with Gasteiger partial charge in [-0.3, -0.25) is 4.79 Å². The summed E-state index contributed by atoms with van der Waals surface area (Å²) in [5.41, 5.74) is 2.90. The van der Waals surface area contributed by atoms with E-state index in [0.29, 0.717) is 19.2 Å². The minimum Gasteiger partial charge on any atom is -0.480 e. The SMILES string of the molecule is CC(C)(C)OC(=O)NCCNS(=O)(=O)N1CC(CCCB2OC(C)(C)C(C)(C)O2)C(N)(C(=O)O)C1. The number of nitrogens with one attached hydrogen (secondary N) is 2. The fourth-order valence-electron chi connectivity index (χ4n) is 4.03. The van der Waals surface area contributed by atoms with E-state index in [4.69, 9.17) is 19.8 Å². The van der Waals surface area contributed by atoms with Crippen LogP contribution in [0.2, 0.25) is 6.32 Å². The first kappa shape index (κ1) is 29.8. The minimum absolute atomic E-state index is 0.00615. The van der Waals surface area contributed by atoms with Gasteiger partial charge in [-0.05, 0) is 61.2 Å². The van der Waals surface area contributed by atoms with Gasteiger partial charge in [-0.1, -0.05) is 6.42 Å². The van der Waals surface area contributed by atoms with Crippen molar-refractivity contribution in [3.8, 4) is 0 Å². The fourth-order valence-corrected chi connectivity index (χ4v) is 5.33. The number of carbonyl (C=O) groups is 2. The van der Waals surface area contributed by atoms with Crippen molar-refractivity contribution in [2.45, 2.75) is 90.0 Å². The normalized spacial score (nSPS) is 26.6. The molecule has 0 radical (unpaired) electrons. The molecule has 2 aliphatic rings. The number of alkyl carbamates (subject to hydrolysis) is 1. The highest BCUT2D eigenvalue weighted by Gasteiger charge is 2.53. The molecule has 2 atom stereocenters. The van der Waals surface area contributed by atoms with Gasteiger partial charge in [-0.2, -0.15) is 12.7 Å². The lowest BCUT2D eigenvalue weighted by Crippen LogP contribution is -2.55. The maximum Gasteiger partial charge on any atom is 0.457 e. The Bertz CT molecular complexity index is 876. The van der Waals surface area contributed by atoms with Gasteiger partial charge >= 0.3 is 19.2 Å². The van der Waals surface area contributed by atoms with Gasteiger partial charge in [0.2, 0.25) is 0 Å². The second-order valence-electron chi connectivity index (χ2n) is 11.3. The molecular formula is C21H41BN4O8S. The van der Waals surface area contributed by atoms with Gasteiger partial charge in [0.1, 0.15) is 11.1 Å². The molecule has 202 valence electrons. The second kappa shape index (κ2) is 10.5. The minimum atomic E-state index is -4.00. The van der Waals surface area contributed by atoms with Gasteiger partial charge in [0.05, 0.1) is 11.2 Å². The summed E-state index contributed by atoms with van der Waals surface area (Å²) < 4.78 is 46.0. The second-order valence-corrected chi connectivity index (χ2v) is 13.0. The van der Waals surface area contributed by atoms with Crippen LogP contribution in [0.3, 0.4) is 0 Å². The zero-order chi connectivity index (χ0) is 26.9. The number of hydrogen-bond donors (Lipinski definition) is 4. The highest BCUT2D eigenvalue weighted by atomic mass is 32.2. The van der Waals surface area contributed by atoms with Gasteiger partial charge in [0.15, 0.2) is 0 Å². The number of ether oxygens (including phenoxy) is 1. The van der Waals surface area contributed by atoms with Crippen molar-refractivity contribution in [3.05, 3.63) is 0 Å². The predicted molar refractivity (Wildman–Crippen MR) is 131 cm³/mol. The first-order chi connectivity index (χ1) is 15.8. The molecule has 2 saturated heterocycles. The van der Waals surface area contributed by atoms with Crippen LogP contribution in [0.25, 0.3) is 0 Å². The van der Waals surface area contributed by atoms with Gasteiger partial charge in [-0.25, -0.2) is 9.52 Å². The zero-order valence-electron chi connectivity index (χ0n) is 21.8. The monoisotopic (exact) mass is 520 g/mol. The molecule has 0 aromatic heterocycles. The molecule has 2 unspecified atom stereocenters. The Morgan fingerprint density at radius 1 is 1.17 bits per heavy atom. The molecule has 0 aromatic rings. The maximum absolute atomic E-state index is 12.8. The van der Waals surface area contributed by atoms with Crippen molar-refractivity contribution in [1.29, 1.82) is 0 Å². The van der Waals surface area contributed by atoms with E-state index in [1.807, 2.05) is 27.7 Å². The number of carboxylic acids is 1. The van der Waals surface area contributed by atoms with E-state index in [1.54, 1.807) is 20.8 Å². The summed E-state index contributed by atoms with van der Waals surface area (Å²) in [6.07, 6.45) is 0.848. The number of rotatable bonds is 10. The lowest BCUT2D eigenvalue weighted by atomic mass is 9.78. The maximum atomic E-state index is 12.8. The number of nitrogens with two attached hydrogens (primary N) is 1. The summed E-state index contributed by atoms with van der Waals surface area (Å²) in [7, 11) is -4.42. The number of aliphatic carboxylic acids is 1. The molecule has 14 heteroatoms. The molecular weight excluding hydrogens is 479 g/mol. The summed E-state index contributed by atoms with van der Waals surface area (Å²) in [6, 6.07) is 0. The third-order valence-electron chi connectivity index (χ3n) is 6.70. The zero-order valence-corrected chi connectivity index (χ0v) is 22.7. The van der Waals surface area contributed by atoms with E-state index in [1.165, 1.54) is 0 Å². The van der Waals surface area contributed by atoms with Gasteiger partial charge in [0, 0.05) is 32.1 Å². The van der Waals surface area contributed by atoms with Crippen molar-refractivity contribution in [1.82, 2.24) is 14.3 Å². The number of nitrogens with zero attached hydrogens (tertiary/aromatic N) is 1. The highest BCUT2D eigenvalue weighted by molar-refractivity contribution is 7.87. The van der Waals surface area contributed by atoms with Crippen LogP contribution in [0.5, 0.6) is 0 Å². The summed E-state index contributed by atoms with van der Waals surface area (Å²) >= 11 is 0. The van der Waals surface area contributed by atoms with Crippen molar-refractivity contribution in [2.24, 2.45) is 11.7 Å². The molecule has 1 amide bonds. The fraction of sp³-hybridized carbons (Fsp3) is 0.905. The predicted octanol–water partition coefficient (Wildman–Crippen LogP) is 0.932. The van der Waals surface area contributed by atoms with Crippen LogP contribution in [0.15, 0.2) is 0 Å². The van der Waals surface area contributed by atoms with E-state index in [9.17, 15) is 23.1 Å². The van der Waals surface area contributed by atoms with Crippen molar-refractivity contribution in [3.63, 3.8) is 0 Å². The van der Waals surface area contributed by atoms with Gasteiger partial charge < -0.3 is 30.2 Å². The third kappa shape index (κ3) is 7.52. The number of carbonyl (C=O) groups excluding carboxylic acids is 1. The van der Waals surface area contributed by atoms with E-state index >= 15 is 0 Å². The molecule has 2 rings (SSSR count). The van der Waals surface area contributed by atoms with Crippen LogP contribution >= 0.6 is 0 Å². The third-order valence-corrected chi connectivity index (χ3v) is 8.23. The highest BCUT2D eigenvalue weighted by Crippen LogP contribution is 2.39. The number of hydrogen-bond acceptors (Lipinski definition) is 8. The Balaban J connectivity index is 1.89. The van der Waals surface area contributed by atoms with Crippen LogP contribution in [0, 0.1) is 5.92 Å². The van der Waals surface area contributed by atoms with E-state index in [-0.39, 0.29) is 26.2 Å². The summed E-state index contributed by atoms with van der Waals surface area (Å²) in [6.45, 7) is 12.5. The largest absolute Gasteiger partial charge is 0.480 e. The standard InChI is InChI=1S/C21H41BN4O8S/c1-18(2,3)32-17(29)24-11-12-25-35(30,31)26-13-15(21(23,14-26)16(27)28)9-8-10-22-33-19(4,5)20(6,7)34-22/h15,25H,8-14,23H2,1-7H3,(H,24,29)(H,27,28).